The standard InChI is InChI=1S/C29H34N2O5/c1-18-9-10-24(35-3)23(11-18)30-26(33)25(22-7-5-4-6-8-22)36-27(34)28-13-20-12-21(14-28)16-29(15-20,17-28)31-19(2)32/h4-11,20-21,25H,12-17H2,1-3H3,(H,30,33)(H,31,32). The normalized spacial score (nSPS) is 28.8. The number of hydrogen-bond acceptors (Lipinski definition) is 5. The third-order valence-corrected chi connectivity index (χ3v) is 8.11. The van der Waals surface area contributed by atoms with Crippen LogP contribution in [0.3, 0.4) is 0 Å². The van der Waals surface area contributed by atoms with Crippen LogP contribution >= 0.6 is 0 Å². The molecule has 3 atom stereocenters. The minimum absolute atomic E-state index is 0.0610. The number of benzene rings is 2. The molecule has 0 aromatic heterocycles. The molecule has 4 aliphatic carbocycles. The maximum Gasteiger partial charge on any atom is 0.313 e. The van der Waals surface area contributed by atoms with Crippen LogP contribution in [0.1, 0.15) is 62.7 Å². The lowest BCUT2D eigenvalue weighted by atomic mass is 9.47. The molecule has 2 amide bonds. The molecule has 0 spiro atoms. The highest BCUT2D eigenvalue weighted by Gasteiger charge is 2.62. The van der Waals surface area contributed by atoms with E-state index in [9.17, 15) is 14.4 Å². The Hall–Kier alpha value is -3.35. The van der Waals surface area contributed by atoms with Crippen LogP contribution in [-0.2, 0) is 19.1 Å². The molecule has 7 nitrogen and oxygen atoms in total. The maximum absolute atomic E-state index is 13.9. The summed E-state index contributed by atoms with van der Waals surface area (Å²) in [6.45, 7) is 3.47. The zero-order valence-corrected chi connectivity index (χ0v) is 21.1. The van der Waals surface area contributed by atoms with Gasteiger partial charge < -0.3 is 20.1 Å². The topological polar surface area (TPSA) is 93.7 Å². The summed E-state index contributed by atoms with van der Waals surface area (Å²) in [4.78, 5) is 39.5. The Kier molecular flexibility index (Phi) is 6.27. The fourth-order valence-electron chi connectivity index (χ4n) is 7.27. The number of hydrogen-bond donors (Lipinski definition) is 2. The number of carbonyl (C=O) groups is 3. The van der Waals surface area contributed by atoms with Gasteiger partial charge in [0.15, 0.2) is 0 Å². The van der Waals surface area contributed by atoms with E-state index < -0.39 is 17.4 Å². The van der Waals surface area contributed by atoms with Crippen molar-refractivity contribution < 1.29 is 23.9 Å². The van der Waals surface area contributed by atoms with E-state index in [0.717, 1.165) is 37.7 Å². The van der Waals surface area contributed by atoms with E-state index in [1.54, 1.807) is 32.2 Å². The molecule has 4 saturated carbocycles. The first kappa shape index (κ1) is 24.3. The second-order valence-corrected chi connectivity index (χ2v) is 11.1. The molecular weight excluding hydrogens is 456 g/mol. The van der Waals surface area contributed by atoms with Crippen molar-refractivity contribution in [2.24, 2.45) is 17.3 Å². The second kappa shape index (κ2) is 9.26. The Balaban J connectivity index is 1.42. The van der Waals surface area contributed by atoms with E-state index in [1.165, 1.54) is 0 Å². The van der Waals surface area contributed by atoms with Gasteiger partial charge in [0.2, 0.25) is 12.0 Å². The van der Waals surface area contributed by atoms with Gasteiger partial charge >= 0.3 is 5.97 Å². The molecule has 0 aliphatic heterocycles. The van der Waals surface area contributed by atoms with E-state index in [2.05, 4.69) is 10.6 Å². The Morgan fingerprint density at radius 1 is 1.00 bits per heavy atom. The van der Waals surface area contributed by atoms with Crippen molar-refractivity contribution >= 4 is 23.5 Å². The molecule has 2 aromatic carbocycles. The minimum atomic E-state index is -1.10. The van der Waals surface area contributed by atoms with Crippen molar-refractivity contribution in [2.75, 3.05) is 12.4 Å². The van der Waals surface area contributed by atoms with E-state index in [4.69, 9.17) is 9.47 Å². The van der Waals surface area contributed by atoms with Gasteiger partial charge in [0, 0.05) is 18.0 Å². The molecule has 0 radical (unpaired) electrons. The number of esters is 1. The summed E-state index contributed by atoms with van der Waals surface area (Å²) < 4.78 is 11.5. The number of aryl methyl sites for hydroxylation is 1. The van der Waals surface area contributed by atoms with Crippen LogP contribution in [0, 0.1) is 24.2 Å². The molecule has 4 aliphatic rings. The molecule has 2 N–H and O–H groups in total. The summed E-state index contributed by atoms with van der Waals surface area (Å²) in [5, 5.41) is 6.10. The number of nitrogens with one attached hydrogen (secondary N) is 2. The first-order valence-corrected chi connectivity index (χ1v) is 12.7. The van der Waals surface area contributed by atoms with Gasteiger partial charge in [0.1, 0.15) is 5.75 Å². The number of methoxy groups -OCH3 is 1. The van der Waals surface area contributed by atoms with Gasteiger partial charge in [-0.15, -0.1) is 0 Å². The third-order valence-electron chi connectivity index (χ3n) is 8.11. The minimum Gasteiger partial charge on any atom is -0.495 e. The van der Waals surface area contributed by atoms with Crippen LogP contribution in [0.5, 0.6) is 5.75 Å². The van der Waals surface area contributed by atoms with Crippen LogP contribution in [0.15, 0.2) is 48.5 Å². The Bertz CT molecular complexity index is 1160. The summed E-state index contributed by atoms with van der Waals surface area (Å²) in [6.07, 6.45) is 3.87. The van der Waals surface area contributed by atoms with E-state index >= 15 is 0 Å². The van der Waals surface area contributed by atoms with Crippen LogP contribution in [0.4, 0.5) is 5.69 Å². The monoisotopic (exact) mass is 490 g/mol. The summed E-state index contributed by atoms with van der Waals surface area (Å²) in [7, 11) is 1.55. The van der Waals surface area contributed by atoms with Crippen molar-refractivity contribution in [2.45, 2.75) is 64.0 Å². The average Bonchev–Trinajstić information content (AvgIpc) is 2.81. The van der Waals surface area contributed by atoms with Crippen molar-refractivity contribution in [3.63, 3.8) is 0 Å². The third kappa shape index (κ3) is 4.59. The molecule has 0 heterocycles. The molecule has 4 fully saturated rings. The number of carbonyl (C=O) groups excluding carboxylic acids is 3. The number of rotatable bonds is 7. The van der Waals surface area contributed by atoms with Crippen molar-refractivity contribution in [3.8, 4) is 5.75 Å². The van der Waals surface area contributed by atoms with Crippen LogP contribution in [0.25, 0.3) is 0 Å². The van der Waals surface area contributed by atoms with Crippen molar-refractivity contribution in [3.05, 3.63) is 59.7 Å². The molecule has 7 heteroatoms. The van der Waals surface area contributed by atoms with Crippen LogP contribution in [0.2, 0.25) is 0 Å². The average molecular weight is 491 g/mol. The first-order chi connectivity index (χ1) is 17.2. The SMILES string of the molecule is COc1ccc(C)cc1NC(=O)C(OC(=O)C12CC3CC(CC(NC(C)=O)(C3)C1)C2)c1ccccc1. The molecule has 2 aromatic rings. The summed E-state index contributed by atoms with van der Waals surface area (Å²) >= 11 is 0. The highest BCUT2D eigenvalue weighted by atomic mass is 16.5. The highest BCUT2D eigenvalue weighted by Crippen LogP contribution is 2.62. The van der Waals surface area contributed by atoms with Gasteiger partial charge in [-0.1, -0.05) is 36.4 Å². The maximum atomic E-state index is 13.9. The quantitative estimate of drug-likeness (QED) is 0.549. The molecular formula is C29H34N2O5. The lowest BCUT2D eigenvalue weighted by Crippen LogP contribution is -2.64. The zero-order chi connectivity index (χ0) is 25.5. The summed E-state index contributed by atoms with van der Waals surface area (Å²) in [5.41, 5.74) is 1.07. The van der Waals surface area contributed by atoms with Crippen molar-refractivity contribution in [1.29, 1.82) is 0 Å². The second-order valence-electron chi connectivity index (χ2n) is 11.1. The summed E-state index contributed by atoms with van der Waals surface area (Å²) in [6, 6.07) is 14.6. The van der Waals surface area contributed by atoms with Gasteiger partial charge in [-0.3, -0.25) is 14.4 Å². The molecule has 6 rings (SSSR count). The number of anilines is 1. The Morgan fingerprint density at radius 3 is 2.33 bits per heavy atom. The van der Waals surface area contributed by atoms with Crippen LogP contribution < -0.4 is 15.4 Å². The first-order valence-electron chi connectivity index (χ1n) is 12.7. The number of ether oxygens (including phenoxy) is 2. The van der Waals surface area contributed by atoms with Gasteiger partial charge in [0.05, 0.1) is 18.2 Å². The fourth-order valence-corrected chi connectivity index (χ4v) is 7.27. The molecule has 0 saturated heterocycles. The van der Waals surface area contributed by atoms with Gasteiger partial charge in [-0.25, -0.2) is 0 Å². The number of amides is 2. The van der Waals surface area contributed by atoms with E-state index in [-0.39, 0.29) is 17.4 Å². The predicted molar refractivity (Wildman–Crippen MR) is 135 cm³/mol. The molecule has 36 heavy (non-hydrogen) atoms. The van der Waals surface area contributed by atoms with Gasteiger partial charge in [-0.2, -0.15) is 0 Å². The molecule has 3 unspecified atom stereocenters. The lowest BCUT2D eigenvalue weighted by molar-refractivity contribution is -0.182. The van der Waals surface area contributed by atoms with E-state index in [1.807, 2.05) is 37.3 Å². The van der Waals surface area contributed by atoms with Gasteiger partial charge in [0.25, 0.3) is 5.91 Å². The van der Waals surface area contributed by atoms with Gasteiger partial charge in [-0.05, 0) is 75.0 Å². The Morgan fingerprint density at radius 2 is 1.69 bits per heavy atom. The smallest absolute Gasteiger partial charge is 0.313 e. The van der Waals surface area contributed by atoms with E-state index in [0.29, 0.717) is 35.3 Å². The van der Waals surface area contributed by atoms with Crippen molar-refractivity contribution in [1.82, 2.24) is 5.32 Å². The van der Waals surface area contributed by atoms with Crippen LogP contribution in [-0.4, -0.2) is 30.4 Å². The summed E-state index contributed by atoms with van der Waals surface area (Å²) in [5.74, 6) is 0.461. The zero-order valence-electron chi connectivity index (χ0n) is 21.1. The molecule has 4 bridgehead atoms. The lowest BCUT2D eigenvalue weighted by Gasteiger charge is -2.60. The predicted octanol–water partition coefficient (Wildman–Crippen LogP) is 4.70. The largest absolute Gasteiger partial charge is 0.495 e. The fraction of sp³-hybridized carbons (Fsp3) is 0.483. The molecule has 190 valence electrons. The highest BCUT2D eigenvalue weighted by molar-refractivity contribution is 5.97. The Labute approximate surface area is 211 Å².